The Kier molecular flexibility index (Phi) is 6.95. The number of hydrogen-bond donors (Lipinski definition) is 1. The quantitative estimate of drug-likeness (QED) is 0.595. The fourth-order valence-corrected chi connectivity index (χ4v) is 4.15. The van der Waals surface area contributed by atoms with Crippen LogP contribution in [-0.2, 0) is 10.2 Å². The van der Waals surface area contributed by atoms with Crippen molar-refractivity contribution >= 4 is 5.96 Å². The Hall–Kier alpha value is -1.55. The van der Waals surface area contributed by atoms with Crippen LogP contribution in [0.15, 0.2) is 35.3 Å². The minimum atomic E-state index is 0.253. The standard InChI is InChI=1S/C22H35N3O/c1-3-23-21(25(2)15-10-19-11-16-26-17-12-19)24-18-22(13-7-14-22)20-8-5-4-6-9-20/h4-6,8-9,19H,3,7,10-18H2,1-2H3,(H,23,24). The van der Waals surface area contributed by atoms with E-state index in [1.165, 1.54) is 44.1 Å². The molecule has 0 aromatic heterocycles. The number of ether oxygens (including phenoxy) is 1. The zero-order valence-corrected chi connectivity index (χ0v) is 16.5. The van der Waals surface area contributed by atoms with Crippen molar-refractivity contribution in [1.29, 1.82) is 0 Å². The van der Waals surface area contributed by atoms with Crippen molar-refractivity contribution in [3.8, 4) is 0 Å². The van der Waals surface area contributed by atoms with Crippen molar-refractivity contribution < 1.29 is 4.74 Å². The normalized spacial score (nSPS) is 20.5. The second-order valence-corrected chi connectivity index (χ2v) is 7.94. The van der Waals surface area contributed by atoms with Crippen LogP contribution in [0.5, 0.6) is 0 Å². The third-order valence-electron chi connectivity index (χ3n) is 6.14. The van der Waals surface area contributed by atoms with E-state index in [0.717, 1.165) is 44.7 Å². The summed E-state index contributed by atoms with van der Waals surface area (Å²) >= 11 is 0. The number of hydrogen-bond acceptors (Lipinski definition) is 2. The predicted molar refractivity (Wildman–Crippen MR) is 109 cm³/mol. The number of benzene rings is 1. The van der Waals surface area contributed by atoms with E-state index in [0.29, 0.717) is 0 Å². The Balaban J connectivity index is 1.60. The zero-order valence-electron chi connectivity index (χ0n) is 16.5. The summed E-state index contributed by atoms with van der Waals surface area (Å²) in [5.74, 6) is 1.86. The molecule has 0 amide bonds. The van der Waals surface area contributed by atoms with Crippen molar-refractivity contribution in [1.82, 2.24) is 10.2 Å². The fourth-order valence-electron chi connectivity index (χ4n) is 4.15. The third kappa shape index (κ3) is 4.79. The van der Waals surface area contributed by atoms with Crippen LogP contribution in [0.3, 0.4) is 0 Å². The lowest BCUT2D eigenvalue weighted by atomic mass is 9.64. The Labute approximate surface area is 159 Å². The van der Waals surface area contributed by atoms with Gasteiger partial charge in [-0.3, -0.25) is 4.99 Å². The van der Waals surface area contributed by atoms with Crippen molar-refractivity contribution in [3.63, 3.8) is 0 Å². The van der Waals surface area contributed by atoms with Gasteiger partial charge in [0.2, 0.25) is 0 Å². The topological polar surface area (TPSA) is 36.9 Å². The van der Waals surface area contributed by atoms with Crippen LogP contribution in [0.25, 0.3) is 0 Å². The second-order valence-electron chi connectivity index (χ2n) is 7.94. The summed E-state index contributed by atoms with van der Waals surface area (Å²) in [6.07, 6.45) is 7.48. The number of aliphatic imine (C=N–C) groups is 1. The van der Waals surface area contributed by atoms with Crippen molar-refractivity contribution in [2.75, 3.05) is 39.9 Å². The summed E-state index contributed by atoms with van der Waals surface area (Å²) in [6, 6.07) is 11.0. The molecule has 1 heterocycles. The molecular formula is C22H35N3O. The molecule has 4 nitrogen and oxygen atoms in total. The van der Waals surface area contributed by atoms with E-state index < -0.39 is 0 Å². The maximum atomic E-state index is 5.48. The summed E-state index contributed by atoms with van der Waals surface area (Å²) < 4.78 is 5.48. The van der Waals surface area contributed by atoms with Crippen LogP contribution in [0, 0.1) is 5.92 Å². The molecule has 2 aliphatic rings. The van der Waals surface area contributed by atoms with E-state index in [4.69, 9.17) is 9.73 Å². The van der Waals surface area contributed by atoms with Crippen molar-refractivity contribution in [3.05, 3.63) is 35.9 Å². The molecule has 0 unspecified atom stereocenters. The highest BCUT2D eigenvalue weighted by molar-refractivity contribution is 5.79. The molecule has 1 N–H and O–H groups in total. The first-order valence-electron chi connectivity index (χ1n) is 10.4. The van der Waals surface area contributed by atoms with Gasteiger partial charge in [0.25, 0.3) is 0 Å². The number of nitrogens with zero attached hydrogens (tertiary/aromatic N) is 2. The lowest BCUT2D eigenvalue weighted by Gasteiger charge is -2.41. The summed E-state index contributed by atoms with van der Waals surface area (Å²) in [5, 5.41) is 3.49. The van der Waals surface area contributed by atoms with E-state index in [9.17, 15) is 0 Å². The predicted octanol–water partition coefficient (Wildman–Crippen LogP) is 3.82. The second kappa shape index (κ2) is 9.40. The van der Waals surface area contributed by atoms with Gasteiger partial charge in [0, 0.05) is 38.8 Å². The molecular weight excluding hydrogens is 322 g/mol. The highest BCUT2D eigenvalue weighted by Gasteiger charge is 2.38. The van der Waals surface area contributed by atoms with Gasteiger partial charge in [-0.1, -0.05) is 36.8 Å². The van der Waals surface area contributed by atoms with Crippen LogP contribution in [0.4, 0.5) is 0 Å². The van der Waals surface area contributed by atoms with Gasteiger partial charge in [0.15, 0.2) is 5.96 Å². The molecule has 1 aliphatic carbocycles. The highest BCUT2D eigenvalue weighted by atomic mass is 16.5. The number of rotatable bonds is 7. The van der Waals surface area contributed by atoms with Crippen molar-refractivity contribution in [2.24, 2.45) is 10.9 Å². The van der Waals surface area contributed by atoms with Gasteiger partial charge in [0.05, 0.1) is 6.54 Å². The molecule has 4 heteroatoms. The minimum absolute atomic E-state index is 0.253. The molecule has 1 saturated heterocycles. The first-order valence-corrected chi connectivity index (χ1v) is 10.4. The molecule has 2 fully saturated rings. The number of guanidine groups is 1. The highest BCUT2D eigenvalue weighted by Crippen LogP contribution is 2.43. The van der Waals surface area contributed by atoms with E-state index in [2.05, 4.69) is 54.5 Å². The fraction of sp³-hybridized carbons (Fsp3) is 0.682. The van der Waals surface area contributed by atoms with Gasteiger partial charge in [-0.2, -0.15) is 0 Å². The van der Waals surface area contributed by atoms with Gasteiger partial charge in [-0.25, -0.2) is 0 Å². The maximum Gasteiger partial charge on any atom is 0.193 e. The van der Waals surface area contributed by atoms with Crippen LogP contribution >= 0.6 is 0 Å². The van der Waals surface area contributed by atoms with E-state index in [1.54, 1.807) is 0 Å². The van der Waals surface area contributed by atoms with Gasteiger partial charge in [-0.05, 0) is 50.5 Å². The Morgan fingerprint density at radius 2 is 1.96 bits per heavy atom. The van der Waals surface area contributed by atoms with Crippen LogP contribution in [0.2, 0.25) is 0 Å². The largest absolute Gasteiger partial charge is 0.381 e. The van der Waals surface area contributed by atoms with Gasteiger partial charge >= 0.3 is 0 Å². The average Bonchev–Trinajstić information content (AvgIpc) is 2.66. The summed E-state index contributed by atoms with van der Waals surface area (Å²) in [5.41, 5.74) is 1.71. The Bertz CT molecular complexity index is 562. The maximum absolute atomic E-state index is 5.48. The summed E-state index contributed by atoms with van der Waals surface area (Å²) in [4.78, 5) is 7.37. The molecule has 1 aliphatic heterocycles. The summed E-state index contributed by atoms with van der Waals surface area (Å²) in [6.45, 7) is 6.89. The molecule has 3 rings (SSSR count). The smallest absolute Gasteiger partial charge is 0.193 e. The number of nitrogens with one attached hydrogen (secondary N) is 1. The SMILES string of the molecule is CCNC(=NCC1(c2ccccc2)CCC1)N(C)CCC1CCOCC1. The average molecular weight is 358 g/mol. The van der Waals surface area contributed by atoms with Crippen LogP contribution in [-0.4, -0.2) is 50.8 Å². The van der Waals surface area contributed by atoms with Gasteiger partial charge in [0.1, 0.15) is 0 Å². The van der Waals surface area contributed by atoms with Gasteiger partial charge < -0.3 is 15.0 Å². The zero-order chi connectivity index (χ0) is 18.2. The molecule has 1 aromatic carbocycles. The van der Waals surface area contributed by atoms with Crippen LogP contribution < -0.4 is 5.32 Å². The third-order valence-corrected chi connectivity index (χ3v) is 6.14. The molecule has 0 spiro atoms. The van der Waals surface area contributed by atoms with Crippen molar-refractivity contribution in [2.45, 2.75) is 50.9 Å². The lowest BCUT2D eigenvalue weighted by molar-refractivity contribution is 0.0625. The molecule has 0 atom stereocenters. The molecule has 1 saturated carbocycles. The van der Waals surface area contributed by atoms with Crippen LogP contribution in [0.1, 0.15) is 51.0 Å². The summed E-state index contributed by atoms with van der Waals surface area (Å²) in [7, 11) is 2.18. The first-order chi connectivity index (χ1) is 12.7. The molecule has 0 radical (unpaired) electrons. The van der Waals surface area contributed by atoms with E-state index in [1.807, 2.05) is 0 Å². The lowest BCUT2D eigenvalue weighted by Crippen LogP contribution is -2.43. The van der Waals surface area contributed by atoms with E-state index in [-0.39, 0.29) is 5.41 Å². The molecule has 0 bridgehead atoms. The van der Waals surface area contributed by atoms with Gasteiger partial charge in [-0.15, -0.1) is 0 Å². The molecule has 26 heavy (non-hydrogen) atoms. The Morgan fingerprint density at radius 3 is 2.58 bits per heavy atom. The van der Waals surface area contributed by atoms with E-state index >= 15 is 0 Å². The minimum Gasteiger partial charge on any atom is -0.381 e. The molecule has 144 valence electrons. The first kappa shape index (κ1) is 19.2. The Morgan fingerprint density at radius 1 is 1.23 bits per heavy atom. The monoisotopic (exact) mass is 357 g/mol. The molecule has 1 aromatic rings.